The average Bonchev–Trinajstić information content (AvgIpc) is 3.93. The van der Waals surface area contributed by atoms with Crippen molar-refractivity contribution < 1.29 is 0 Å². The first-order valence-electron chi connectivity index (χ1n) is 19.2. The smallest absolute Gasteiger partial charge is 0.235 e. The minimum atomic E-state index is 0.657. The SMILES string of the molecule is c1ccc(-c2cccc(-n3c4ccccc4c4cc5c(cc43)sc3ccc4c6ccccc6n(-c6nc(-c7ccccc7)cc(-c7ccccc7)n6)c4c35)c2)cc1. The number of fused-ring (bicyclic) bond motifs is 10. The van der Waals surface area contributed by atoms with Gasteiger partial charge in [-0.05, 0) is 59.7 Å². The van der Waals surface area contributed by atoms with Crippen LogP contribution in [0.3, 0.4) is 0 Å². The Balaban J connectivity index is 1.16. The van der Waals surface area contributed by atoms with Crippen molar-refractivity contribution in [2.24, 2.45) is 0 Å². The highest BCUT2D eigenvalue weighted by Gasteiger charge is 2.22. The molecule has 0 N–H and O–H groups in total. The second-order valence-electron chi connectivity index (χ2n) is 14.6. The molecule has 0 saturated carbocycles. The van der Waals surface area contributed by atoms with Gasteiger partial charge in [0.1, 0.15) is 0 Å². The molecule has 0 aliphatic rings. The van der Waals surface area contributed by atoms with Crippen molar-refractivity contribution in [3.8, 4) is 45.3 Å². The Morgan fingerprint density at radius 1 is 0.351 bits per heavy atom. The van der Waals surface area contributed by atoms with E-state index in [2.05, 4.69) is 191 Å². The molecule has 0 fully saturated rings. The van der Waals surface area contributed by atoms with E-state index in [-0.39, 0.29) is 0 Å². The zero-order valence-corrected chi connectivity index (χ0v) is 31.5. The van der Waals surface area contributed by atoms with Crippen LogP contribution < -0.4 is 0 Å². The highest BCUT2D eigenvalue weighted by atomic mass is 32.1. The number of hydrogen-bond acceptors (Lipinski definition) is 3. The van der Waals surface area contributed by atoms with Gasteiger partial charge in [-0.25, -0.2) is 9.97 Å². The Kier molecular flexibility index (Phi) is 7.06. The summed E-state index contributed by atoms with van der Waals surface area (Å²) in [7, 11) is 0. The van der Waals surface area contributed by atoms with Gasteiger partial charge in [-0.2, -0.15) is 0 Å². The molecule has 0 aliphatic heterocycles. The second-order valence-corrected chi connectivity index (χ2v) is 15.7. The number of aromatic nitrogens is 4. The van der Waals surface area contributed by atoms with Crippen LogP contribution in [0.1, 0.15) is 0 Å². The summed E-state index contributed by atoms with van der Waals surface area (Å²) in [5, 5.41) is 7.30. The fourth-order valence-corrected chi connectivity index (χ4v) is 9.89. The molecule has 0 saturated heterocycles. The van der Waals surface area contributed by atoms with Crippen LogP contribution in [0.4, 0.5) is 0 Å². The Bertz CT molecular complexity index is 3450. The topological polar surface area (TPSA) is 35.6 Å². The number of thiophene rings is 1. The predicted molar refractivity (Wildman–Crippen MR) is 240 cm³/mol. The molecule has 12 rings (SSSR count). The molecule has 4 nitrogen and oxygen atoms in total. The van der Waals surface area contributed by atoms with Crippen molar-refractivity contribution in [2.75, 3.05) is 0 Å². The second kappa shape index (κ2) is 12.6. The van der Waals surface area contributed by atoms with Gasteiger partial charge in [-0.15, -0.1) is 11.3 Å². The quantitative estimate of drug-likeness (QED) is 0.176. The fraction of sp³-hybridized carbons (Fsp3) is 0. The summed E-state index contributed by atoms with van der Waals surface area (Å²) in [6.07, 6.45) is 0. The molecule has 0 spiro atoms. The lowest BCUT2D eigenvalue weighted by molar-refractivity contribution is 0.998. The molecule has 8 aromatic carbocycles. The highest BCUT2D eigenvalue weighted by Crippen LogP contribution is 2.46. The van der Waals surface area contributed by atoms with Crippen molar-refractivity contribution in [2.45, 2.75) is 0 Å². The maximum atomic E-state index is 5.35. The summed E-state index contributed by atoms with van der Waals surface area (Å²) >= 11 is 1.85. The maximum absolute atomic E-state index is 5.35. The van der Waals surface area contributed by atoms with Gasteiger partial charge in [0.25, 0.3) is 0 Å². The van der Waals surface area contributed by atoms with Crippen molar-refractivity contribution in [1.82, 2.24) is 19.1 Å². The standard InChI is InChI=1S/C52H32N4S/c1-4-15-33(16-5-1)36-21-14-22-37(29-36)55-45-25-12-11-24-39(45)41-30-42-49(32-47(41)55)57-48-28-27-40-38-23-10-13-26-46(38)56(51(40)50(42)48)52-53-43(34-17-6-2-7-18-34)31-44(54-52)35-19-8-3-9-20-35/h1-32H. The van der Waals surface area contributed by atoms with Crippen LogP contribution in [0.5, 0.6) is 0 Å². The first-order valence-corrected chi connectivity index (χ1v) is 20.1. The van der Waals surface area contributed by atoms with E-state index < -0.39 is 0 Å². The zero-order chi connectivity index (χ0) is 37.5. The van der Waals surface area contributed by atoms with Crippen LogP contribution in [-0.4, -0.2) is 19.1 Å². The zero-order valence-electron chi connectivity index (χ0n) is 30.7. The third-order valence-corrected chi connectivity index (χ3v) is 12.4. The third kappa shape index (κ3) is 4.99. The normalized spacial score (nSPS) is 11.9. The van der Waals surface area contributed by atoms with Gasteiger partial charge in [0.05, 0.1) is 33.5 Å². The van der Waals surface area contributed by atoms with Crippen molar-refractivity contribution in [3.63, 3.8) is 0 Å². The van der Waals surface area contributed by atoms with Crippen LogP contribution in [0.25, 0.3) is 109 Å². The molecule has 57 heavy (non-hydrogen) atoms. The van der Waals surface area contributed by atoms with Gasteiger partial charge in [0.15, 0.2) is 0 Å². The molecule has 0 bridgehead atoms. The summed E-state index contributed by atoms with van der Waals surface area (Å²) in [5.74, 6) is 0.657. The monoisotopic (exact) mass is 744 g/mol. The van der Waals surface area contributed by atoms with E-state index in [0.29, 0.717) is 5.95 Å². The summed E-state index contributed by atoms with van der Waals surface area (Å²) in [5.41, 5.74) is 12.0. The highest BCUT2D eigenvalue weighted by molar-refractivity contribution is 7.26. The molecule has 0 radical (unpaired) electrons. The lowest BCUT2D eigenvalue weighted by Crippen LogP contribution is -2.04. The van der Waals surface area contributed by atoms with Gasteiger partial charge in [0, 0.05) is 58.5 Å². The van der Waals surface area contributed by atoms with Crippen molar-refractivity contribution >= 4 is 75.1 Å². The van der Waals surface area contributed by atoms with E-state index in [1.807, 2.05) is 23.5 Å². The molecule has 12 aromatic rings. The van der Waals surface area contributed by atoms with Crippen LogP contribution in [0, 0.1) is 0 Å². The molecule has 5 heteroatoms. The van der Waals surface area contributed by atoms with Crippen molar-refractivity contribution in [1.29, 1.82) is 0 Å². The van der Waals surface area contributed by atoms with E-state index >= 15 is 0 Å². The Labute approximate surface area is 332 Å². The number of para-hydroxylation sites is 2. The molecular formula is C52H32N4S. The summed E-state index contributed by atoms with van der Waals surface area (Å²) in [6, 6.07) is 69.4. The van der Waals surface area contributed by atoms with Crippen LogP contribution in [0.2, 0.25) is 0 Å². The first-order chi connectivity index (χ1) is 28.3. The van der Waals surface area contributed by atoms with Gasteiger partial charge in [-0.1, -0.05) is 146 Å². The lowest BCUT2D eigenvalue weighted by atomic mass is 10.0. The van der Waals surface area contributed by atoms with Gasteiger partial charge in [0.2, 0.25) is 5.95 Å². The Hall–Kier alpha value is -7.34. The number of nitrogens with zero attached hydrogens (tertiary/aromatic N) is 4. The summed E-state index contributed by atoms with van der Waals surface area (Å²) in [6.45, 7) is 0. The predicted octanol–water partition coefficient (Wildman–Crippen LogP) is 14.0. The molecule has 0 aliphatic carbocycles. The summed E-state index contributed by atoms with van der Waals surface area (Å²) < 4.78 is 7.22. The first kappa shape index (κ1) is 32.0. The molecule has 4 heterocycles. The van der Waals surface area contributed by atoms with Gasteiger partial charge < -0.3 is 4.57 Å². The number of benzene rings is 8. The Morgan fingerprint density at radius 2 is 0.930 bits per heavy atom. The van der Waals surface area contributed by atoms with Gasteiger partial charge >= 0.3 is 0 Å². The van der Waals surface area contributed by atoms with E-state index in [0.717, 1.165) is 39.2 Å². The molecule has 0 atom stereocenters. The number of rotatable bonds is 5. The van der Waals surface area contributed by atoms with E-state index in [1.165, 1.54) is 63.9 Å². The summed E-state index contributed by atoms with van der Waals surface area (Å²) in [4.78, 5) is 10.7. The van der Waals surface area contributed by atoms with Crippen LogP contribution in [0.15, 0.2) is 194 Å². The molecule has 266 valence electrons. The molecule has 0 amide bonds. The van der Waals surface area contributed by atoms with Crippen LogP contribution >= 0.6 is 11.3 Å². The average molecular weight is 745 g/mol. The maximum Gasteiger partial charge on any atom is 0.235 e. The Morgan fingerprint density at radius 3 is 1.61 bits per heavy atom. The molecule has 4 aromatic heterocycles. The van der Waals surface area contributed by atoms with E-state index in [4.69, 9.17) is 9.97 Å². The fourth-order valence-electron chi connectivity index (χ4n) is 8.77. The van der Waals surface area contributed by atoms with E-state index in [9.17, 15) is 0 Å². The molecular weight excluding hydrogens is 713 g/mol. The largest absolute Gasteiger partial charge is 0.309 e. The molecule has 0 unspecified atom stereocenters. The number of hydrogen-bond donors (Lipinski definition) is 0. The lowest BCUT2D eigenvalue weighted by Gasteiger charge is -2.12. The van der Waals surface area contributed by atoms with Crippen LogP contribution in [-0.2, 0) is 0 Å². The van der Waals surface area contributed by atoms with Gasteiger partial charge in [-0.3, -0.25) is 4.57 Å². The van der Waals surface area contributed by atoms with Crippen molar-refractivity contribution in [3.05, 3.63) is 194 Å². The third-order valence-electron chi connectivity index (χ3n) is 11.3. The minimum Gasteiger partial charge on any atom is -0.309 e. The van der Waals surface area contributed by atoms with E-state index in [1.54, 1.807) is 0 Å². The minimum absolute atomic E-state index is 0.657.